The van der Waals surface area contributed by atoms with Crippen molar-refractivity contribution >= 4 is 34.3 Å². The van der Waals surface area contributed by atoms with Gasteiger partial charge in [-0.3, -0.25) is 4.79 Å². The standard InChI is InChI=1S/C20H20N4OS/c25-19(8-4-7-14-5-2-1-3-6-14)22-15-9-10-16-17(11-15)24-20(23-16)18-12-26-13-21-18/h1-3,5-6,9-13,20,23-24H,4,7-8H2,(H,22,25). The number of amides is 1. The van der Waals surface area contributed by atoms with Gasteiger partial charge in [0.25, 0.3) is 0 Å². The van der Waals surface area contributed by atoms with Crippen molar-refractivity contribution < 1.29 is 4.79 Å². The summed E-state index contributed by atoms with van der Waals surface area (Å²) in [6.07, 6.45) is 2.25. The normalized spacial score (nSPS) is 15.0. The Morgan fingerprint density at radius 3 is 2.77 bits per heavy atom. The lowest BCUT2D eigenvalue weighted by molar-refractivity contribution is -0.116. The Hall–Kier alpha value is -2.86. The van der Waals surface area contributed by atoms with Crippen molar-refractivity contribution in [3.8, 4) is 0 Å². The fourth-order valence-corrected chi connectivity index (χ4v) is 3.63. The van der Waals surface area contributed by atoms with Gasteiger partial charge in [0.1, 0.15) is 6.17 Å². The van der Waals surface area contributed by atoms with Gasteiger partial charge in [-0.1, -0.05) is 30.3 Å². The molecule has 0 spiro atoms. The molecular formula is C20H20N4OS. The number of aromatic nitrogens is 1. The number of hydrogen-bond donors (Lipinski definition) is 3. The fraction of sp³-hybridized carbons (Fsp3) is 0.200. The van der Waals surface area contributed by atoms with E-state index in [1.807, 2.05) is 47.3 Å². The zero-order valence-corrected chi connectivity index (χ0v) is 15.1. The van der Waals surface area contributed by atoms with Gasteiger partial charge < -0.3 is 16.0 Å². The molecule has 1 aliphatic rings. The summed E-state index contributed by atoms with van der Waals surface area (Å²) in [5.74, 6) is 0.0443. The van der Waals surface area contributed by atoms with Crippen LogP contribution < -0.4 is 16.0 Å². The van der Waals surface area contributed by atoms with Crippen LogP contribution in [0.4, 0.5) is 17.1 Å². The van der Waals surface area contributed by atoms with Crippen LogP contribution >= 0.6 is 11.3 Å². The van der Waals surface area contributed by atoms with Gasteiger partial charge in [-0.2, -0.15) is 0 Å². The number of hydrogen-bond acceptors (Lipinski definition) is 5. The van der Waals surface area contributed by atoms with Crippen molar-refractivity contribution in [1.29, 1.82) is 0 Å². The first-order chi connectivity index (χ1) is 12.8. The van der Waals surface area contributed by atoms with Crippen LogP contribution in [0.5, 0.6) is 0 Å². The summed E-state index contributed by atoms with van der Waals surface area (Å²) in [5.41, 5.74) is 6.86. The number of thiazole rings is 1. The summed E-state index contributed by atoms with van der Waals surface area (Å²) in [7, 11) is 0. The van der Waals surface area contributed by atoms with Crippen molar-refractivity contribution in [2.75, 3.05) is 16.0 Å². The Bertz CT molecular complexity index is 880. The molecule has 2 heterocycles. The highest BCUT2D eigenvalue weighted by Crippen LogP contribution is 2.36. The third-order valence-corrected chi connectivity index (χ3v) is 4.97. The minimum absolute atomic E-state index is 0.0203. The van der Waals surface area contributed by atoms with Crippen molar-refractivity contribution in [1.82, 2.24) is 4.98 Å². The van der Waals surface area contributed by atoms with Crippen LogP contribution in [0.3, 0.4) is 0 Å². The number of carbonyl (C=O) groups excluding carboxylic acids is 1. The van der Waals surface area contributed by atoms with Gasteiger partial charge in [0.15, 0.2) is 0 Å². The lowest BCUT2D eigenvalue weighted by atomic mass is 10.1. The maximum absolute atomic E-state index is 12.2. The molecule has 0 saturated carbocycles. The average molecular weight is 364 g/mol. The van der Waals surface area contributed by atoms with Crippen molar-refractivity contribution in [2.45, 2.75) is 25.4 Å². The van der Waals surface area contributed by atoms with E-state index in [0.717, 1.165) is 35.6 Å². The van der Waals surface area contributed by atoms with Crippen LogP contribution in [0, 0.1) is 0 Å². The summed E-state index contributed by atoms with van der Waals surface area (Å²) >= 11 is 1.57. The highest BCUT2D eigenvalue weighted by molar-refractivity contribution is 7.07. The van der Waals surface area contributed by atoms with E-state index in [1.54, 1.807) is 11.3 Å². The second-order valence-corrected chi connectivity index (χ2v) is 7.00. The smallest absolute Gasteiger partial charge is 0.224 e. The van der Waals surface area contributed by atoms with Gasteiger partial charge in [0, 0.05) is 17.5 Å². The van der Waals surface area contributed by atoms with E-state index < -0.39 is 0 Å². The second-order valence-electron chi connectivity index (χ2n) is 6.28. The molecular weight excluding hydrogens is 344 g/mol. The zero-order valence-electron chi connectivity index (χ0n) is 14.2. The lowest BCUT2D eigenvalue weighted by Crippen LogP contribution is -2.12. The molecule has 3 N–H and O–H groups in total. The van der Waals surface area contributed by atoms with E-state index in [9.17, 15) is 4.79 Å². The average Bonchev–Trinajstić information content (AvgIpc) is 3.31. The SMILES string of the molecule is O=C(CCCc1ccccc1)Nc1ccc2c(c1)NC(c1cscn1)N2. The lowest BCUT2D eigenvalue weighted by Gasteiger charge is -2.08. The zero-order chi connectivity index (χ0) is 17.8. The third kappa shape index (κ3) is 3.86. The van der Waals surface area contributed by atoms with Crippen LogP contribution in [-0.2, 0) is 11.2 Å². The minimum atomic E-state index is -0.0203. The molecule has 1 atom stereocenters. The van der Waals surface area contributed by atoms with Crippen LogP contribution in [-0.4, -0.2) is 10.9 Å². The first kappa shape index (κ1) is 16.6. The molecule has 1 aliphatic heterocycles. The Morgan fingerprint density at radius 1 is 1.12 bits per heavy atom. The highest BCUT2D eigenvalue weighted by atomic mass is 32.1. The molecule has 1 aromatic heterocycles. The molecule has 4 rings (SSSR count). The van der Waals surface area contributed by atoms with Crippen molar-refractivity contribution in [2.24, 2.45) is 0 Å². The molecule has 1 unspecified atom stereocenters. The van der Waals surface area contributed by atoms with E-state index >= 15 is 0 Å². The second kappa shape index (κ2) is 7.58. The topological polar surface area (TPSA) is 66.0 Å². The molecule has 1 amide bonds. The fourth-order valence-electron chi connectivity index (χ4n) is 3.05. The van der Waals surface area contributed by atoms with E-state index in [2.05, 4.69) is 33.1 Å². The van der Waals surface area contributed by atoms with E-state index in [-0.39, 0.29) is 12.1 Å². The highest BCUT2D eigenvalue weighted by Gasteiger charge is 2.22. The van der Waals surface area contributed by atoms with E-state index in [4.69, 9.17) is 0 Å². The van der Waals surface area contributed by atoms with E-state index in [0.29, 0.717) is 6.42 Å². The number of fused-ring (bicyclic) bond motifs is 1. The van der Waals surface area contributed by atoms with Crippen molar-refractivity contribution in [3.63, 3.8) is 0 Å². The minimum Gasteiger partial charge on any atom is -0.359 e. The Kier molecular flexibility index (Phi) is 4.84. The number of carbonyl (C=O) groups is 1. The number of nitrogens with one attached hydrogen (secondary N) is 3. The number of aryl methyl sites for hydroxylation is 1. The van der Waals surface area contributed by atoms with Crippen molar-refractivity contribution in [3.05, 3.63) is 70.7 Å². The summed E-state index contributed by atoms with van der Waals surface area (Å²) in [6.45, 7) is 0. The molecule has 0 radical (unpaired) electrons. The van der Waals surface area contributed by atoms with Gasteiger partial charge in [-0.05, 0) is 36.6 Å². The van der Waals surface area contributed by atoms with Gasteiger partial charge in [0.2, 0.25) is 5.91 Å². The first-order valence-corrected chi connectivity index (χ1v) is 9.61. The maximum Gasteiger partial charge on any atom is 0.224 e. The van der Waals surface area contributed by atoms with Gasteiger partial charge in [0.05, 0.1) is 22.6 Å². The molecule has 6 heteroatoms. The number of benzene rings is 2. The largest absolute Gasteiger partial charge is 0.359 e. The number of nitrogens with zero attached hydrogens (tertiary/aromatic N) is 1. The predicted octanol–water partition coefficient (Wildman–Crippen LogP) is 4.64. The van der Waals surface area contributed by atoms with Crippen LogP contribution in [0.1, 0.15) is 30.3 Å². The Morgan fingerprint density at radius 2 is 1.96 bits per heavy atom. The van der Waals surface area contributed by atoms with E-state index in [1.165, 1.54) is 5.56 Å². The number of rotatable bonds is 6. The molecule has 0 aliphatic carbocycles. The first-order valence-electron chi connectivity index (χ1n) is 8.67. The quantitative estimate of drug-likeness (QED) is 0.596. The molecule has 5 nitrogen and oxygen atoms in total. The molecule has 26 heavy (non-hydrogen) atoms. The van der Waals surface area contributed by atoms with Crippen LogP contribution in [0.15, 0.2) is 59.4 Å². The summed E-state index contributed by atoms with van der Waals surface area (Å²) in [5, 5.41) is 11.8. The monoisotopic (exact) mass is 364 g/mol. The summed E-state index contributed by atoms with van der Waals surface area (Å²) in [6, 6.07) is 16.1. The molecule has 0 saturated heterocycles. The Balaban J connectivity index is 1.31. The van der Waals surface area contributed by atoms with Crippen LogP contribution in [0.2, 0.25) is 0 Å². The molecule has 0 bridgehead atoms. The molecule has 3 aromatic rings. The summed E-state index contributed by atoms with van der Waals surface area (Å²) in [4.78, 5) is 16.5. The van der Waals surface area contributed by atoms with Gasteiger partial charge >= 0.3 is 0 Å². The van der Waals surface area contributed by atoms with Gasteiger partial charge in [-0.25, -0.2) is 4.98 Å². The predicted molar refractivity (Wildman–Crippen MR) is 107 cm³/mol. The summed E-state index contributed by atoms with van der Waals surface area (Å²) < 4.78 is 0. The van der Waals surface area contributed by atoms with Crippen LogP contribution in [0.25, 0.3) is 0 Å². The molecule has 132 valence electrons. The number of anilines is 3. The van der Waals surface area contributed by atoms with Gasteiger partial charge in [-0.15, -0.1) is 11.3 Å². The Labute approximate surface area is 156 Å². The molecule has 2 aromatic carbocycles. The maximum atomic E-state index is 12.2. The third-order valence-electron chi connectivity index (χ3n) is 4.36. The molecule has 0 fully saturated rings.